The van der Waals surface area contributed by atoms with Crippen molar-refractivity contribution >= 4 is 22.6 Å². The second-order valence-electron chi connectivity index (χ2n) is 6.37. The average molecular weight is 336 g/mol. The molecule has 0 bridgehead atoms. The lowest BCUT2D eigenvalue weighted by Gasteiger charge is -2.25. The quantitative estimate of drug-likeness (QED) is 0.716. The van der Waals surface area contributed by atoms with Crippen molar-refractivity contribution in [3.8, 4) is 0 Å². The van der Waals surface area contributed by atoms with E-state index in [1.807, 2.05) is 59.5 Å². The van der Waals surface area contributed by atoms with E-state index in [-0.39, 0.29) is 12.3 Å². The van der Waals surface area contributed by atoms with Gasteiger partial charge in [-0.2, -0.15) is 0 Å². The molecule has 128 valence electrons. The molecule has 0 radical (unpaired) electrons. The van der Waals surface area contributed by atoms with Gasteiger partial charge in [0.15, 0.2) is 5.58 Å². The van der Waals surface area contributed by atoms with E-state index in [4.69, 9.17) is 9.26 Å². The van der Waals surface area contributed by atoms with Gasteiger partial charge in [0.1, 0.15) is 5.69 Å². The van der Waals surface area contributed by atoms with Crippen LogP contribution in [-0.4, -0.2) is 30.8 Å². The Labute approximate surface area is 146 Å². The summed E-state index contributed by atoms with van der Waals surface area (Å²) >= 11 is 0. The van der Waals surface area contributed by atoms with Crippen molar-refractivity contribution in [1.29, 1.82) is 0 Å². The van der Waals surface area contributed by atoms with Gasteiger partial charge in [-0.3, -0.25) is 4.79 Å². The number of ether oxygens (including phenoxy) is 1. The molecule has 4 rings (SSSR count). The number of aromatic nitrogens is 1. The smallest absolute Gasteiger partial charge is 0.233 e. The van der Waals surface area contributed by atoms with Crippen LogP contribution in [-0.2, 0) is 16.0 Å². The molecule has 1 aliphatic rings. The summed E-state index contributed by atoms with van der Waals surface area (Å²) in [6.45, 7) is 2.15. The summed E-state index contributed by atoms with van der Waals surface area (Å²) in [5.41, 5.74) is 2.30. The van der Waals surface area contributed by atoms with E-state index in [0.29, 0.717) is 30.3 Å². The van der Waals surface area contributed by atoms with E-state index in [9.17, 15) is 4.79 Å². The number of nitrogens with zero attached hydrogens (tertiary/aromatic N) is 2. The number of hydrogen-bond acceptors (Lipinski definition) is 4. The van der Waals surface area contributed by atoms with Gasteiger partial charge in [-0.25, -0.2) is 0 Å². The average Bonchev–Trinajstić information content (AvgIpc) is 3.31. The van der Waals surface area contributed by atoms with Gasteiger partial charge < -0.3 is 14.2 Å². The number of carbonyl (C=O) groups is 1. The fraction of sp³-hybridized carbons (Fsp3) is 0.300. The number of rotatable bonds is 5. The molecule has 0 spiro atoms. The van der Waals surface area contributed by atoms with Gasteiger partial charge in [0.05, 0.1) is 13.0 Å². The van der Waals surface area contributed by atoms with Crippen LogP contribution in [0.5, 0.6) is 0 Å². The molecule has 1 fully saturated rings. The van der Waals surface area contributed by atoms with Crippen molar-refractivity contribution in [1.82, 2.24) is 5.16 Å². The fourth-order valence-corrected chi connectivity index (χ4v) is 3.25. The first-order chi connectivity index (χ1) is 12.3. The minimum absolute atomic E-state index is 0.0251. The van der Waals surface area contributed by atoms with Crippen molar-refractivity contribution in [3.63, 3.8) is 0 Å². The second-order valence-corrected chi connectivity index (χ2v) is 6.37. The zero-order valence-electron chi connectivity index (χ0n) is 13.9. The maximum atomic E-state index is 13.0. The van der Waals surface area contributed by atoms with Crippen LogP contribution in [0.15, 0.2) is 59.1 Å². The number of hydrogen-bond donors (Lipinski definition) is 0. The number of fused-ring (bicyclic) bond motifs is 1. The van der Waals surface area contributed by atoms with Crippen LogP contribution in [0.25, 0.3) is 11.0 Å². The summed E-state index contributed by atoms with van der Waals surface area (Å²) in [4.78, 5) is 14.9. The lowest BCUT2D eigenvalue weighted by atomic mass is 10.1. The number of anilines is 1. The molecular weight excluding hydrogens is 316 g/mol. The molecule has 5 heteroatoms. The Hall–Kier alpha value is -2.66. The van der Waals surface area contributed by atoms with Crippen LogP contribution in [0.3, 0.4) is 0 Å². The van der Waals surface area contributed by atoms with E-state index in [2.05, 4.69) is 5.16 Å². The molecule has 2 aromatic carbocycles. The van der Waals surface area contributed by atoms with Crippen LogP contribution < -0.4 is 4.90 Å². The van der Waals surface area contributed by atoms with Crippen molar-refractivity contribution in [2.45, 2.75) is 12.8 Å². The molecule has 1 aromatic heterocycles. The van der Waals surface area contributed by atoms with E-state index < -0.39 is 0 Å². The van der Waals surface area contributed by atoms with E-state index in [0.717, 1.165) is 24.1 Å². The second kappa shape index (κ2) is 7.07. The molecule has 0 N–H and O–H groups in total. The maximum Gasteiger partial charge on any atom is 0.233 e. The van der Waals surface area contributed by atoms with Crippen LogP contribution in [0.2, 0.25) is 0 Å². The SMILES string of the molecule is O=C(Cc1noc2ccccc12)N(C[C@H]1CCOC1)c1ccccc1. The molecule has 3 aromatic rings. The summed E-state index contributed by atoms with van der Waals surface area (Å²) in [6, 6.07) is 17.4. The summed E-state index contributed by atoms with van der Waals surface area (Å²) in [5.74, 6) is 0.398. The highest BCUT2D eigenvalue weighted by molar-refractivity contribution is 5.96. The van der Waals surface area contributed by atoms with Gasteiger partial charge in [0.2, 0.25) is 5.91 Å². The molecule has 1 amide bonds. The number of amides is 1. The molecule has 1 saturated heterocycles. The number of carbonyl (C=O) groups excluding carboxylic acids is 1. The Morgan fingerprint density at radius 1 is 1.12 bits per heavy atom. The first-order valence-electron chi connectivity index (χ1n) is 8.58. The normalized spacial score (nSPS) is 17.0. The van der Waals surface area contributed by atoms with Crippen molar-refractivity contribution in [3.05, 3.63) is 60.3 Å². The fourth-order valence-electron chi connectivity index (χ4n) is 3.25. The Bertz CT molecular complexity index is 854. The Kier molecular flexibility index (Phi) is 4.48. The Balaban J connectivity index is 1.58. The highest BCUT2D eigenvalue weighted by Crippen LogP contribution is 2.23. The molecule has 1 atom stereocenters. The van der Waals surface area contributed by atoms with Gasteiger partial charge in [0.25, 0.3) is 0 Å². The van der Waals surface area contributed by atoms with E-state index in [1.165, 1.54) is 0 Å². The largest absolute Gasteiger partial charge is 0.381 e. The third-order valence-corrected chi connectivity index (χ3v) is 4.60. The summed E-state index contributed by atoms with van der Waals surface area (Å²) in [6.07, 6.45) is 1.21. The summed E-state index contributed by atoms with van der Waals surface area (Å²) in [7, 11) is 0. The zero-order valence-corrected chi connectivity index (χ0v) is 13.9. The van der Waals surface area contributed by atoms with Crippen LogP contribution in [0, 0.1) is 5.92 Å². The van der Waals surface area contributed by atoms with Crippen LogP contribution >= 0.6 is 0 Å². The van der Waals surface area contributed by atoms with Crippen LogP contribution in [0.1, 0.15) is 12.1 Å². The molecule has 0 saturated carbocycles. The molecule has 0 aliphatic carbocycles. The van der Waals surface area contributed by atoms with Gasteiger partial charge in [-0.05, 0) is 30.7 Å². The molecule has 25 heavy (non-hydrogen) atoms. The predicted octanol–water partition coefficient (Wildman–Crippen LogP) is 3.44. The topological polar surface area (TPSA) is 55.6 Å². The minimum Gasteiger partial charge on any atom is -0.381 e. The monoisotopic (exact) mass is 336 g/mol. The van der Waals surface area contributed by atoms with Crippen molar-refractivity contribution < 1.29 is 14.1 Å². The van der Waals surface area contributed by atoms with Crippen molar-refractivity contribution in [2.75, 3.05) is 24.7 Å². The Morgan fingerprint density at radius 3 is 2.72 bits per heavy atom. The minimum atomic E-state index is 0.0251. The van der Waals surface area contributed by atoms with E-state index in [1.54, 1.807) is 0 Å². The first kappa shape index (κ1) is 15.8. The summed E-state index contributed by atoms with van der Waals surface area (Å²) in [5, 5.41) is 4.99. The molecule has 2 heterocycles. The highest BCUT2D eigenvalue weighted by Gasteiger charge is 2.25. The van der Waals surface area contributed by atoms with Crippen molar-refractivity contribution in [2.24, 2.45) is 5.92 Å². The number of benzene rings is 2. The third-order valence-electron chi connectivity index (χ3n) is 4.60. The molecule has 0 unspecified atom stereocenters. The lowest BCUT2D eigenvalue weighted by Crippen LogP contribution is -2.36. The zero-order chi connectivity index (χ0) is 17.1. The highest BCUT2D eigenvalue weighted by atomic mass is 16.5. The van der Waals surface area contributed by atoms with Gasteiger partial charge >= 0.3 is 0 Å². The van der Waals surface area contributed by atoms with Gasteiger partial charge in [-0.15, -0.1) is 0 Å². The maximum absolute atomic E-state index is 13.0. The van der Waals surface area contributed by atoms with Gasteiger partial charge in [-0.1, -0.05) is 35.5 Å². The van der Waals surface area contributed by atoms with Crippen LogP contribution in [0.4, 0.5) is 5.69 Å². The van der Waals surface area contributed by atoms with E-state index >= 15 is 0 Å². The first-order valence-corrected chi connectivity index (χ1v) is 8.58. The lowest BCUT2D eigenvalue weighted by molar-refractivity contribution is -0.118. The molecular formula is C20H20N2O3. The number of para-hydroxylation sites is 2. The Morgan fingerprint density at radius 2 is 1.92 bits per heavy atom. The van der Waals surface area contributed by atoms with Gasteiger partial charge in [0, 0.05) is 30.1 Å². The molecule has 5 nitrogen and oxygen atoms in total. The standard InChI is InChI=1S/C20H20N2O3/c23-20(12-18-17-8-4-5-9-19(17)25-21-18)22(13-15-10-11-24-14-15)16-6-2-1-3-7-16/h1-9,15H,10-14H2/t15-/m1/s1. The predicted molar refractivity (Wildman–Crippen MR) is 95.4 cm³/mol. The summed E-state index contributed by atoms with van der Waals surface area (Å²) < 4.78 is 10.8. The third kappa shape index (κ3) is 3.42. The molecule has 1 aliphatic heterocycles.